The largest absolute Gasteiger partial charge is 0.507 e. The summed E-state index contributed by atoms with van der Waals surface area (Å²) in [4.78, 5) is 22.4. The van der Waals surface area contributed by atoms with Crippen LogP contribution >= 0.6 is 0 Å². The second kappa shape index (κ2) is 6.79. The first kappa shape index (κ1) is 18.2. The molecule has 0 saturated carbocycles. The lowest BCUT2D eigenvalue weighted by Gasteiger charge is -2.12. The molecular formula is C15H13NO8S. The highest BCUT2D eigenvalue weighted by atomic mass is 32.2. The third-order valence-electron chi connectivity index (χ3n) is 2.99. The summed E-state index contributed by atoms with van der Waals surface area (Å²) in [5, 5.41) is 21.8. The van der Waals surface area contributed by atoms with Gasteiger partial charge in [0, 0.05) is 13.0 Å². The highest BCUT2D eigenvalue weighted by Crippen LogP contribution is 2.32. The van der Waals surface area contributed by atoms with Gasteiger partial charge < -0.3 is 20.3 Å². The minimum Gasteiger partial charge on any atom is -0.507 e. The van der Waals surface area contributed by atoms with Crippen LogP contribution in [0.2, 0.25) is 0 Å². The Labute approximate surface area is 142 Å². The van der Waals surface area contributed by atoms with E-state index in [-0.39, 0.29) is 11.4 Å². The number of phenolic OH excluding ortho intramolecular Hbond substituents is 2. The molecule has 9 nitrogen and oxygen atoms in total. The molecule has 0 unspecified atom stereocenters. The highest BCUT2D eigenvalue weighted by Gasteiger charge is 2.22. The van der Waals surface area contributed by atoms with Gasteiger partial charge in [-0.15, -0.1) is 0 Å². The predicted octanol–water partition coefficient (Wildman–Crippen LogP) is 1.52. The lowest BCUT2D eigenvalue weighted by Crippen LogP contribution is -2.14. The van der Waals surface area contributed by atoms with Gasteiger partial charge >= 0.3 is 5.97 Å². The van der Waals surface area contributed by atoms with Crippen molar-refractivity contribution in [2.24, 2.45) is 0 Å². The second-order valence-electron chi connectivity index (χ2n) is 4.86. The van der Waals surface area contributed by atoms with Crippen LogP contribution in [0.15, 0.2) is 41.3 Å². The van der Waals surface area contributed by atoms with Crippen LogP contribution in [0.25, 0.3) is 0 Å². The number of carbonyl (C=O) groups excluding carboxylic acids is 2. The standard InChI is InChI=1S/C15H13NO8S/c1-8(17)24-13-5-3-2-4-10(13)16-15(20)9-6-12(19)14(7-11(9)18)25(21,22)23/h2-7,18-19H,1H3,(H,16,20)(H,21,22,23). The molecule has 132 valence electrons. The van der Waals surface area contributed by atoms with Crippen molar-refractivity contribution < 1.29 is 37.5 Å². The van der Waals surface area contributed by atoms with E-state index in [1.807, 2.05) is 0 Å². The average Bonchev–Trinajstić information content (AvgIpc) is 2.49. The van der Waals surface area contributed by atoms with Crippen molar-refractivity contribution in [2.45, 2.75) is 11.8 Å². The number of amides is 1. The van der Waals surface area contributed by atoms with Gasteiger partial charge in [0.05, 0.1) is 11.3 Å². The molecule has 10 heteroatoms. The van der Waals surface area contributed by atoms with Crippen molar-refractivity contribution in [3.63, 3.8) is 0 Å². The maximum Gasteiger partial charge on any atom is 0.308 e. The molecule has 2 aromatic carbocycles. The zero-order valence-corrected chi connectivity index (χ0v) is 13.6. The summed E-state index contributed by atoms with van der Waals surface area (Å²) in [6.45, 7) is 1.18. The molecule has 2 rings (SSSR count). The molecule has 2 aromatic rings. The quantitative estimate of drug-likeness (QED) is 0.275. The minimum atomic E-state index is -4.78. The first-order valence-corrected chi connectivity index (χ1v) is 8.16. The maximum atomic E-state index is 12.3. The molecular weight excluding hydrogens is 354 g/mol. The number of para-hydroxylation sites is 2. The molecule has 1 amide bonds. The van der Waals surface area contributed by atoms with Gasteiger partial charge in [0.15, 0.2) is 5.75 Å². The number of esters is 1. The lowest BCUT2D eigenvalue weighted by atomic mass is 10.1. The average molecular weight is 367 g/mol. The molecule has 0 fully saturated rings. The number of hydrogen-bond acceptors (Lipinski definition) is 7. The van der Waals surface area contributed by atoms with E-state index >= 15 is 0 Å². The van der Waals surface area contributed by atoms with Crippen LogP contribution in [0, 0.1) is 0 Å². The van der Waals surface area contributed by atoms with Crippen molar-refractivity contribution >= 4 is 27.7 Å². The maximum absolute atomic E-state index is 12.3. The first-order valence-electron chi connectivity index (χ1n) is 6.72. The Morgan fingerprint density at radius 1 is 1.08 bits per heavy atom. The van der Waals surface area contributed by atoms with E-state index in [2.05, 4.69) is 5.32 Å². The topological polar surface area (TPSA) is 150 Å². The van der Waals surface area contributed by atoms with E-state index < -0.39 is 44.0 Å². The Morgan fingerprint density at radius 2 is 1.72 bits per heavy atom. The fraction of sp³-hybridized carbons (Fsp3) is 0.0667. The number of aromatic hydroxyl groups is 2. The molecule has 25 heavy (non-hydrogen) atoms. The van der Waals surface area contributed by atoms with E-state index in [1.165, 1.54) is 19.1 Å². The minimum absolute atomic E-state index is 0.0571. The van der Waals surface area contributed by atoms with E-state index in [4.69, 9.17) is 9.29 Å². The van der Waals surface area contributed by atoms with Crippen molar-refractivity contribution in [3.8, 4) is 17.2 Å². The molecule has 0 spiro atoms. The highest BCUT2D eigenvalue weighted by molar-refractivity contribution is 7.86. The monoisotopic (exact) mass is 367 g/mol. The molecule has 0 atom stereocenters. The molecule has 0 aliphatic carbocycles. The Kier molecular flexibility index (Phi) is 4.95. The van der Waals surface area contributed by atoms with Crippen molar-refractivity contribution in [1.29, 1.82) is 0 Å². The number of phenols is 2. The van der Waals surface area contributed by atoms with Crippen LogP contribution in [-0.4, -0.2) is 35.1 Å². The van der Waals surface area contributed by atoms with Crippen LogP contribution in [0.4, 0.5) is 5.69 Å². The Morgan fingerprint density at radius 3 is 2.32 bits per heavy atom. The van der Waals surface area contributed by atoms with Gasteiger partial charge in [0.2, 0.25) is 0 Å². The number of benzene rings is 2. The number of nitrogens with one attached hydrogen (secondary N) is 1. The summed E-state index contributed by atoms with van der Waals surface area (Å²) in [5.41, 5.74) is -0.344. The van der Waals surface area contributed by atoms with Gasteiger partial charge in [-0.2, -0.15) is 8.42 Å². The smallest absolute Gasteiger partial charge is 0.308 e. The predicted molar refractivity (Wildman–Crippen MR) is 85.3 cm³/mol. The summed E-state index contributed by atoms with van der Waals surface area (Å²) >= 11 is 0. The Bertz CT molecular complexity index is 952. The number of hydrogen-bond donors (Lipinski definition) is 4. The van der Waals surface area contributed by atoms with Gasteiger partial charge in [-0.25, -0.2) is 0 Å². The molecule has 0 radical (unpaired) electrons. The van der Waals surface area contributed by atoms with Crippen LogP contribution in [-0.2, 0) is 14.9 Å². The zero-order valence-electron chi connectivity index (χ0n) is 12.8. The summed E-state index contributed by atoms with van der Waals surface area (Å²) in [7, 11) is -4.78. The third-order valence-corrected chi connectivity index (χ3v) is 3.87. The van der Waals surface area contributed by atoms with Crippen LogP contribution in [0.1, 0.15) is 17.3 Å². The SMILES string of the molecule is CC(=O)Oc1ccccc1NC(=O)c1cc(O)c(S(=O)(=O)O)cc1O. The zero-order chi connectivity index (χ0) is 18.8. The molecule has 0 aromatic heterocycles. The number of ether oxygens (including phenoxy) is 1. The van der Waals surface area contributed by atoms with Crippen molar-refractivity contribution in [1.82, 2.24) is 0 Å². The van der Waals surface area contributed by atoms with E-state index in [0.717, 1.165) is 0 Å². The van der Waals surface area contributed by atoms with Crippen molar-refractivity contribution in [3.05, 3.63) is 42.0 Å². The molecule has 0 heterocycles. The second-order valence-corrected chi connectivity index (χ2v) is 6.25. The third kappa shape index (κ3) is 4.25. The molecule has 0 aliphatic rings. The van der Waals surface area contributed by atoms with E-state index in [1.54, 1.807) is 12.1 Å². The van der Waals surface area contributed by atoms with Crippen molar-refractivity contribution in [2.75, 3.05) is 5.32 Å². The Balaban J connectivity index is 2.37. The van der Waals surface area contributed by atoms with Crippen LogP contribution in [0.5, 0.6) is 17.2 Å². The molecule has 0 saturated heterocycles. The number of carbonyl (C=O) groups is 2. The van der Waals surface area contributed by atoms with Gasteiger partial charge in [-0.05, 0) is 18.2 Å². The normalized spacial score (nSPS) is 11.0. The molecule has 4 N–H and O–H groups in total. The lowest BCUT2D eigenvalue weighted by molar-refractivity contribution is -0.131. The van der Waals surface area contributed by atoms with E-state index in [9.17, 15) is 28.2 Å². The Hall–Kier alpha value is -3.11. The number of anilines is 1. The van der Waals surface area contributed by atoms with Crippen LogP contribution in [0.3, 0.4) is 0 Å². The van der Waals surface area contributed by atoms with Gasteiger partial charge in [-0.1, -0.05) is 12.1 Å². The summed E-state index contributed by atoms with van der Waals surface area (Å²) in [6, 6.07) is 7.20. The fourth-order valence-corrected chi connectivity index (χ4v) is 2.53. The summed E-state index contributed by atoms with van der Waals surface area (Å²) in [5.74, 6) is -3.16. The van der Waals surface area contributed by atoms with E-state index in [0.29, 0.717) is 12.1 Å². The van der Waals surface area contributed by atoms with Crippen LogP contribution < -0.4 is 10.1 Å². The summed E-state index contributed by atoms with van der Waals surface area (Å²) < 4.78 is 36.0. The van der Waals surface area contributed by atoms with Gasteiger partial charge in [0.25, 0.3) is 16.0 Å². The van der Waals surface area contributed by atoms with Gasteiger partial charge in [-0.3, -0.25) is 14.1 Å². The first-order chi connectivity index (χ1) is 11.6. The molecule has 0 aliphatic heterocycles. The fourth-order valence-electron chi connectivity index (χ4n) is 1.95. The summed E-state index contributed by atoms with van der Waals surface area (Å²) in [6.07, 6.45) is 0. The van der Waals surface area contributed by atoms with Gasteiger partial charge in [0.1, 0.15) is 16.4 Å². The number of rotatable bonds is 4. The molecule has 0 bridgehead atoms.